The molecule has 26 heavy (non-hydrogen) atoms. The molecule has 0 bridgehead atoms. The van der Waals surface area contributed by atoms with Crippen LogP contribution in [-0.4, -0.2) is 36.9 Å². The Labute approximate surface area is 159 Å². The molecule has 1 aliphatic rings. The third-order valence-electron chi connectivity index (χ3n) is 5.22. The highest BCUT2D eigenvalue weighted by Gasteiger charge is 2.42. The molecular formula is C21H26N2O2S. The number of hydrogen-bond donors (Lipinski definition) is 1. The number of nitrogens with zero attached hydrogens (tertiary/aromatic N) is 1. The fraction of sp³-hybridized carbons (Fsp3) is 0.429. The van der Waals surface area contributed by atoms with Gasteiger partial charge in [-0.1, -0.05) is 37.3 Å². The van der Waals surface area contributed by atoms with E-state index in [0.29, 0.717) is 19.4 Å². The number of hydrogen-bond acceptors (Lipinski definition) is 3. The van der Waals surface area contributed by atoms with Crippen LogP contribution in [0.2, 0.25) is 0 Å². The zero-order chi connectivity index (χ0) is 18.6. The summed E-state index contributed by atoms with van der Waals surface area (Å²) in [6.07, 6.45) is 2.81. The molecule has 0 spiro atoms. The van der Waals surface area contributed by atoms with Crippen LogP contribution in [0.5, 0.6) is 0 Å². The van der Waals surface area contributed by atoms with Gasteiger partial charge in [0, 0.05) is 31.4 Å². The zero-order valence-electron chi connectivity index (χ0n) is 15.5. The molecule has 2 aromatic rings. The van der Waals surface area contributed by atoms with Gasteiger partial charge < -0.3 is 10.2 Å². The standard InChI is InChI=1S/C21H26N2O2S/c1-3-19(24)23-11-6-10-21(15-23,20(25)22-2)14-16-7-4-8-17(13-16)18-9-5-12-26-18/h4-5,7-9,12-13H,3,6,10-11,14-15H2,1-2H3,(H,22,25). The van der Waals surface area contributed by atoms with Gasteiger partial charge in [-0.05, 0) is 41.8 Å². The summed E-state index contributed by atoms with van der Waals surface area (Å²) in [5.74, 6) is 0.165. The van der Waals surface area contributed by atoms with Crippen molar-refractivity contribution in [1.82, 2.24) is 10.2 Å². The molecule has 138 valence electrons. The van der Waals surface area contributed by atoms with Crippen molar-refractivity contribution in [2.45, 2.75) is 32.6 Å². The number of nitrogens with one attached hydrogen (secondary N) is 1. The van der Waals surface area contributed by atoms with E-state index in [4.69, 9.17) is 0 Å². The van der Waals surface area contributed by atoms with Crippen LogP contribution in [0.15, 0.2) is 41.8 Å². The van der Waals surface area contributed by atoms with E-state index in [1.807, 2.05) is 17.9 Å². The average molecular weight is 371 g/mol. The van der Waals surface area contributed by atoms with Crippen molar-refractivity contribution in [3.63, 3.8) is 0 Å². The predicted molar refractivity (Wildman–Crippen MR) is 106 cm³/mol. The van der Waals surface area contributed by atoms with E-state index < -0.39 is 5.41 Å². The van der Waals surface area contributed by atoms with Crippen LogP contribution in [0.4, 0.5) is 0 Å². The lowest BCUT2D eigenvalue weighted by Crippen LogP contribution is -2.53. The summed E-state index contributed by atoms with van der Waals surface area (Å²) < 4.78 is 0. The minimum absolute atomic E-state index is 0.0348. The number of carbonyl (C=O) groups excluding carboxylic acids is 2. The molecule has 1 fully saturated rings. The third kappa shape index (κ3) is 3.83. The normalized spacial score (nSPS) is 20.0. The number of rotatable bonds is 5. The van der Waals surface area contributed by atoms with Crippen LogP contribution in [0.25, 0.3) is 10.4 Å². The van der Waals surface area contributed by atoms with Crippen molar-refractivity contribution in [3.8, 4) is 10.4 Å². The Morgan fingerprint density at radius 2 is 2.12 bits per heavy atom. The van der Waals surface area contributed by atoms with E-state index in [-0.39, 0.29) is 11.8 Å². The van der Waals surface area contributed by atoms with E-state index in [9.17, 15) is 9.59 Å². The number of amides is 2. The maximum absolute atomic E-state index is 12.8. The van der Waals surface area contributed by atoms with Gasteiger partial charge in [0.15, 0.2) is 0 Å². The fourth-order valence-electron chi connectivity index (χ4n) is 3.91. The molecule has 1 aromatic heterocycles. The molecule has 2 heterocycles. The monoisotopic (exact) mass is 370 g/mol. The lowest BCUT2D eigenvalue weighted by molar-refractivity contribution is -0.141. The highest BCUT2D eigenvalue weighted by atomic mass is 32.1. The molecule has 1 aromatic carbocycles. The van der Waals surface area contributed by atoms with E-state index in [0.717, 1.165) is 24.9 Å². The van der Waals surface area contributed by atoms with Gasteiger partial charge in [0.2, 0.25) is 11.8 Å². The first kappa shape index (κ1) is 18.6. The molecule has 1 aliphatic heterocycles. The van der Waals surface area contributed by atoms with Crippen LogP contribution in [-0.2, 0) is 16.0 Å². The molecule has 0 saturated carbocycles. The van der Waals surface area contributed by atoms with Gasteiger partial charge in [-0.15, -0.1) is 11.3 Å². The SMILES string of the molecule is CCC(=O)N1CCCC(Cc2cccc(-c3cccs3)c2)(C(=O)NC)C1. The van der Waals surface area contributed by atoms with E-state index >= 15 is 0 Å². The molecule has 1 unspecified atom stereocenters. The van der Waals surface area contributed by atoms with Crippen molar-refractivity contribution >= 4 is 23.2 Å². The van der Waals surface area contributed by atoms with Gasteiger partial charge >= 0.3 is 0 Å². The molecule has 4 nitrogen and oxygen atoms in total. The molecule has 0 aliphatic carbocycles. The number of thiophene rings is 1. The second kappa shape index (κ2) is 8.04. The van der Waals surface area contributed by atoms with Gasteiger partial charge in [-0.2, -0.15) is 0 Å². The summed E-state index contributed by atoms with van der Waals surface area (Å²) in [4.78, 5) is 28.1. The Balaban J connectivity index is 1.88. The Hall–Kier alpha value is -2.14. The van der Waals surface area contributed by atoms with Crippen LogP contribution >= 0.6 is 11.3 Å². The molecule has 1 N–H and O–H groups in total. The van der Waals surface area contributed by atoms with Gasteiger partial charge in [0.05, 0.1) is 5.41 Å². The summed E-state index contributed by atoms with van der Waals surface area (Å²) in [5.41, 5.74) is 1.78. The van der Waals surface area contributed by atoms with Crippen molar-refractivity contribution < 1.29 is 9.59 Å². The summed E-state index contributed by atoms with van der Waals surface area (Å²) in [6, 6.07) is 12.6. The quantitative estimate of drug-likeness (QED) is 0.872. The zero-order valence-corrected chi connectivity index (χ0v) is 16.3. The lowest BCUT2D eigenvalue weighted by Gasteiger charge is -2.41. The van der Waals surface area contributed by atoms with Crippen LogP contribution in [0.3, 0.4) is 0 Å². The van der Waals surface area contributed by atoms with Crippen molar-refractivity contribution in [3.05, 3.63) is 47.3 Å². The topological polar surface area (TPSA) is 49.4 Å². The molecule has 5 heteroatoms. The van der Waals surface area contributed by atoms with Gasteiger partial charge in [-0.3, -0.25) is 9.59 Å². The number of carbonyl (C=O) groups is 2. The van der Waals surface area contributed by atoms with E-state index in [2.05, 4.69) is 41.0 Å². The van der Waals surface area contributed by atoms with E-state index in [1.54, 1.807) is 18.4 Å². The molecule has 3 rings (SSSR count). The Morgan fingerprint density at radius 1 is 1.27 bits per heavy atom. The highest BCUT2D eigenvalue weighted by Crippen LogP contribution is 2.35. The average Bonchev–Trinajstić information content (AvgIpc) is 3.22. The molecule has 0 radical (unpaired) electrons. The number of likely N-dealkylation sites (tertiary alicyclic amines) is 1. The highest BCUT2D eigenvalue weighted by molar-refractivity contribution is 7.13. The van der Waals surface area contributed by atoms with Crippen LogP contribution < -0.4 is 5.32 Å². The molecule has 1 saturated heterocycles. The lowest BCUT2D eigenvalue weighted by atomic mass is 9.74. The maximum atomic E-state index is 12.8. The number of benzene rings is 1. The third-order valence-corrected chi connectivity index (χ3v) is 6.13. The molecule has 1 atom stereocenters. The van der Waals surface area contributed by atoms with Crippen molar-refractivity contribution in [1.29, 1.82) is 0 Å². The first-order valence-electron chi connectivity index (χ1n) is 9.21. The summed E-state index contributed by atoms with van der Waals surface area (Å²) in [7, 11) is 1.69. The minimum Gasteiger partial charge on any atom is -0.359 e. The largest absolute Gasteiger partial charge is 0.359 e. The van der Waals surface area contributed by atoms with Gasteiger partial charge in [0.25, 0.3) is 0 Å². The summed E-state index contributed by atoms with van der Waals surface area (Å²) in [6.45, 7) is 3.13. The van der Waals surface area contributed by atoms with Gasteiger partial charge in [-0.25, -0.2) is 0 Å². The first-order valence-corrected chi connectivity index (χ1v) is 10.1. The van der Waals surface area contributed by atoms with Gasteiger partial charge in [0.1, 0.15) is 0 Å². The second-order valence-corrected chi connectivity index (χ2v) is 7.93. The number of piperidine rings is 1. The van der Waals surface area contributed by atoms with E-state index in [1.165, 1.54) is 10.4 Å². The smallest absolute Gasteiger partial charge is 0.228 e. The first-order chi connectivity index (χ1) is 12.6. The summed E-state index contributed by atoms with van der Waals surface area (Å²) >= 11 is 1.72. The fourth-order valence-corrected chi connectivity index (χ4v) is 4.64. The Bertz CT molecular complexity index is 772. The predicted octanol–water partition coefficient (Wildman–Crippen LogP) is 3.72. The van der Waals surface area contributed by atoms with Crippen molar-refractivity contribution in [2.75, 3.05) is 20.1 Å². The second-order valence-electron chi connectivity index (χ2n) is 6.99. The Morgan fingerprint density at radius 3 is 2.81 bits per heavy atom. The van der Waals surface area contributed by atoms with Crippen LogP contribution in [0, 0.1) is 5.41 Å². The van der Waals surface area contributed by atoms with Crippen molar-refractivity contribution in [2.24, 2.45) is 5.41 Å². The summed E-state index contributed by atoms with van der Waals surface area (Å²) in [5, 5.41) is 4.91. The maximum Gasteiger partial charge on any atom is 0.228 e. The molecular weight excluding hydrogens is 344 g/mol. The molecule has 2 amide bonds. The Kier molecular flexibility index (Phi) is 5.77. The minimum atomic E-state index is -0.550. The van der Waals surface area contributed by atoms with Crippen LogP contribution in [0.1, 0.15) is 31.7 Å².